The Morgan fingerprint density at radius 2 is 2.03 bits per heavy atom. The van der Waals surface area contributed by atoms with Gasteiger partial charge in [-0.1, -0.05) is 18.2 Å². The van der Waals surface area contributed by atoms with Gasteiger partial charge in [-0.2, -0.15) is 0 Å². The molecule has 0 saturated heterocycles. The summed E-state index contributed by atoms with van der Waals surface area (Å²) in [4.78, 5) is 44.8. The van der Waals surface area contributed by atoms with Crippen LogP contribution in [0.15, 0.2) is 52.2 Å². The number of pyridine rings is 1. The van der Waals surface area contributed by atoms with Crippen LogP contribution in [-0.4, -0.2) is 31.6 Å². The molecule has 3 heterocycles. The fourth-order valence-corrected chi connectivity index (χ4v) is 4.24. The van der Waals surface area contributed by atoms with Gasteiger partial charge in [-0.25, -0.2) is 9.78 Å². The number of aryl methyl sites for hydroxylation is 2. The van der Waals surface area contributed by atoms with Gasteiger partial charge in [-0.15, -0.1) is 0 Å². The Bertz CT molecular complexity index is 1440. The Morgan fingerprint density at radius 1 is 1.22 bits per heavy atom. The zero-order valence-corrected chi connectivity index (χ0v) is 17.9. The molecule has 4 aromatic rings. The molecule has 0 unspecified atom stereocenters. The Balaban J connectivity index is 1.39. The molecular formula is C24H25N5O3. The van der Waals surface area contributed by atoms with E-state index in [1.54, 1.807) is 6.07 Å². The van der Waals surface area contributed by atoms with Crippen LogP contribution in [0.1, 0.15) is 48.2 Å². The molecule has 1 aromatic carbocycles. The molecule has 5 rings (SSSR count). The van der Waals surface area contributed by atoms with E-state index in [0.29, 0.717) is 13.1 Å². The van der Waals surface area contributed by atoms with Crippen molar-refractivity contribution in [3.8, 4) is 0 Å². The molecule has 3 aromatic heterocycles. The Labute approximate surface area is 183 Å². The molecule has 2 N–H and O–H groups in total. The summed E-state index contributed by atoms with van der Waals surface area (Å²) in [6, 6.07) is 12.0. The predicted molar refractivity (Wildman–Crippen MR) is 123 cm³/mol. The lowest BCUT2D eigenvalue weighted by Gasteiger charge is -2.13. The number of benzene rings is 1. The molecule has 0 atom stereocenters. The normalized spacial score (nSPS) is 13.7. The maximum absolute atomic E-state index is 13.1. The molecule has 164 valence electrons. The lowest BCUT2D eigenvalue weighted by atomic mass is 10.1. The largest absolute Gasteiger partial charge is 0.352 e. The van der Waals surface area contributed by atoms with Gasteiger partial charge in [0.15, 0.2) is 5.65 Å². The average molecular weight is 431 g/mol. The van der Waals surface area contributed by atoms with Crippen molar-refractivity contribution < 1.29 is 4.79 Å². The molecular weight excluding hydrogens is 406 g/mol. The Morgan fingerprint density at radius 3 is 2.81 bits per heavy atom. The van der Waals surface area contributed by atoms with Crippen molar-refractivity contribution in [1.29, 1.82) is 0 Å². The smallest absolute Gasteiger partial charge is 0.329 e. The second kappa shape index (κ2) is 8.11. The second-order valence-corrected chi connectivity index (χ2v) is 8.25. The van der Waals surface area contributed by atoms with E-state index < -0.39 is 11.2 Å². The van der Waals surface area contributed by atoms with Gasteiger partial charge in [0, 0.05) is 43.0 Å². The van der Waals surface area contributed by atoms with E-state index in [1.165, 1.54) is 9.95 Å². The van der Waals surface area contributed by atoms with E-state index in [1.807, 2.05) is 25.3 Å². The van der Waals surface area contributed by atoms with Crippen molar-refractivity contribution in [1.82, 2.24) is 24.4 Å². The van der Waals surface area contributed by atoms with Crippen LogP contribution in [0.3, 0.4) is 0 Å². The zero-order chi connectivity index (χ0) is 22.2. The highest BCUT2D eigenvalue weighted by Crippen LogP contribution is 2.39. The molecule has 1 fully saturated rings. The quantitative estimate of drug-likeness (QED) is 0.439. The fourth-order valence-electron chi connectivity index (χ4n) is 4.24. The average Bonchev–Trinajstić information content (AvgIpc) is 3.57. The van der Waals surface area contributed by atoms with Gasteiger partial charge < -0.3 is 9.88 Å². The first-order valence-corrected chi connectivity index (χ1v) is 11.1. The minimum Gasteiger partial charge on any atom is -0.352 e. The topological polar surface area (TPSA) is 102 Å². The van der Waals surface area contributed by atoms with Gasteiger partial charge in [-0.05, 0) is 49.8 Å². The van der Waals surface area contributed by atoms with E-state index in [0.717, 1.165) is 37.0 Å². The summed E-state index contributed by atoms with van der Waals surface area (Å²) in [5, 5.41) is 4.31. The predicted octanol–water partition coefficient (Wildman–Crippen LogP) is 2.76. The lowest BCUT2D eigenvalue weighted by Crippen LogP contribution is -2.33. The molecule has 8 nitrogen and oxygen atoms in total. The van der Waals surface area contributed by atoms with Crippen LogP contribution in [0, 0.1) is 0 Å². The standard InChI is InChI=1S/C24H25N5O3/c1-2-29-21-20(23(31)27-24(29)32)17(14-18(26-21)15-8-9-15)22(30)25-11-5-12-28-13-10-16-6-3-4-7-19(16)28/h3-4,6-7,10,13-15H,2,5,8-9,11-12H2,1H3,(H,25,30)(H,27,31,32). The molecule has 0 bridgehead atoms. The van der Waals surface area contributed by atoms with E-state index in [4.69, 9.17) is 0 Å². The van der Waals surface area contributed by atoms with Crippen molar-refractivity contribution in [3.05, 3.63) is 74.7 Å². The number of nitrogens with one attached hydrogen (secondary N) is 2. The molecule has 32 heavy (non-hydrogen) atoms. The molecule has 1 amide bonds. The highest BCUT2D eigenvalue weighted by atomic mass is 16.2. The summed E-state index contributed by atoms with van der Waals surface area (Å²) in [5.74, 6) is -0.0314. The number of hydrogen-bond acceptors (Lipinski definition) is 4. The third kappa shape index (κ3) is 3.62. The molecule has 1 aliphatic carbocycles. The SMILES string of the molecule is CCn1c(=O)[nH]c(=O)c2c(C(=O)NCCCn3ccc4ccccc43)cc(C3CC3)nc21. The molecule has 0 spiro atoms. The number of amides is 1. The van der Waals surface area contributed by atoms with Gasteiger partial charge in [0.1, 0.15) is 0 Å². The number of nitrogens with zero attached hydrogens (tertiary/aromatic N) is 3. The Kier molecular flexibility index (Phi) is 5.13. The summed E-state index contributed by atoms with van der Waals surface area (Å²) in [6.07, 6.45) is 4.81. The lowest BCUT2D eigenvalue weighted by molar-refractivity contribution is 0.0954. The monoisotopic (exact) mass is 431 g/mol. The number of H-pyrrole nitrogens is 1. The first-order valence-electron chi connectivity index (χ1n) is 11.1. The number of carbonyl (C=O) groups excluding carboxylic acids is 1. The molecule has 1 aliphatic rings. The summed E-state index contributed by atoms with van der Waals surface area (Å²) in [6.45, 7) is 3.42. The van der Waals surface area contributed by atoms with Crippen LogP contribution in [0.2, 0.25) is 0 Å². The van der Waals surface area contributed by atoms with Crippen LogP contribution in [0.25, 0.3) is 21.9 Å². The van der Waals surface area contributed by atoms with Gasteiger partial charge in [0.25, 0.3) is 11.5 Å². The first-order chi connectivity index (χ1) is 15.6. The van der Waals surface area contributed by atoms with Crippen molar-refractivity contribution >= 4 is 27.8 Å². The molecule has 1 saturated carbocycles. The van der Waals surface area contributed by atoms with Crippen molar-refractivity contribution in [2.45, 2.75) is 45.2 Å². The van der Waals surface area contributed by atoms with E-state index >= 15 is 0 Å². The summed E-state index contributed by atoms with van der Waals surface area (Å²) < 4.78 is 3.58. The van der Waals surface area contributed by atoms with E-state index in [2.05, 4.69) is 38.1 Å². The number of aromatic nitrogens is 4. The van der Waals surface area contributed by atoms with Crippen molar-refractivity contribution in [2.24, 2.45) is 0 Å². The second-order valence-electron chi connectivity index (χ2n) is 8.25. The zero-order valence-electron chi connectivity index (χ0n) is 17.9. The fraction of sp³-hybridized carbons (Fsp3) is 0.333. The van der Waals surface area contributed by atoms with Gasteiger partial charge in [0.05, 0.1) is 10.9 Å². The number of para-hydroxylation sites is 1. The van der Waals surface area contributed by atoms with Gasteiger partial charge >= 0.3 is 5.69 Å². The van der Waals surface area contributed by atoms with Crippen LogP contribution in [-0.2, 0) is 13.1 Å². The maximum Gasteiger partial charge on any atom is 0.329 e. The minimum absolute atomic E-state index is 0.171. The summed E-state index contributed by atoms with van der Waals surface area (Å²) in [5.41, 5.74) is 1.43. The first kappa shape index (κ1) is 20.2. The van der Waals surface area contributed by atoms with Crippen LogP contribution in [0.5, 0.6) is 0 Å². The maximum atomic E-state index is 13.1. The van der Waals surface area contributed by atoms with E-state index in [9.17, 15) is 14.4 Å². The highest BCUT2D eigenvalue weighted by molar-refractivity contribution is 6.05. The summed E-state index contributed by atoms with van der Waals surface area (Å²) >= 11 is 0. The molecule has 0 radical (unpaired) electrons. The van der Waals surface area contributed by atoms with Crippen molar-refractivity contribution in [3.63, 3.8) is 0 Å². The molecule has 0 aliphatic heterocycles. The van der Waals surface area contributed by atoms with Gasteiger partial charge in [0.2, 0.25) is 0 Å². The number of aromatic amines is 1. The number of fused-ring (bicyclic) bond motifs is 2. The third-order valence-electron chi connectivity index (χ3n) is 6.07. The highest BCUT2D eigenvalue weighted by Gasteiger charge is 2.28. The number of hydrogen-bond donors (Lipinski definition) is 2. The van der Waals surface area contributed by atoms with Gasteiger partial charge in [-0.3, -0.25) is 19.1 Å². The van der Waals surface area contributed by atoms with Crippen LogP contribution >= 0.6 is 0 Å². The minimum atomic E-state index is -0.575. The Hall–Kier alpha value is -3.68. The van der Waals surface area contributed by atoms with E-state index in [-0.39, 0.29) is 28.4 Å². The number of rotatable bonds is 7. The molecule has 8 heteroatoms. The summed E-state index contributed by atoms with van der Waals surface area (Å²) in [7, 11) is 0. The van der Waals surface area contributed by atoms with Crippen LogP contribution < -0.4 is 16.6 Å². The van der Waals surface area contributed by atoms with Crippen LogP contribution in [0.4, 0.5) is 0 Å². The van der Waals surface area contributed by atoms with Crippen molar-refractivity contribution in [2.75, 3.05) is 6.54 Å². The third-order valence-corrected chi connectivity index (χ3v) is 6.07. The number of carbonyl (C=O) groups is 1.